The van der Waals surface area contributed by atoms with Crippen LogP contribution in [0.3, 0.4) is 0 Å². The van der Waals surface area contributed by atoms with Crippen LogP contribution in [0.1, 0.15) is 0 Å². The molecule has 1 aromatic heterocycles. The molecule has 23 heavy (non-hydrogen) atoms. The normalized spacial score (nSPS) is 11.5. The number of aromatic nitrogens is 2. The molecule has 0 atom stereocenters. The lowest BCUT2D eigenvalue weighted by Gasteiger charge is -2.09. The number of nitrogens with zero attached hydrogens (tertiary/aromatic N) is 2. The number of rotatable bonds is 4. The Morgan fingerprint density at radius 3 is 2.78 bits per heavy atom. The molecule has 0 bridgehead atoms. The predicted molar refractivity (Wildman–Crippen MR) is 80.0 cm³/mol. The zero-order valence-electron chi connectivity index (χ0n) is 11.4. The molecule has 10 heteroatoms. The second-order valence-electron chi connectivity index (χ2n) is 4.65. The quantitative estimate of drug-likeness (QED) is 0.560. The lowest BCUT2D eigenvalue weighted by molar-refractivity contribution is -0.385. The van der Waals surface area contributed by atoms with Gasteiger partial charge >= 0.3 is 0 Å². The summed E-state index contributed by atoms with van der Waals surface area (Å²) < 4.78 is 40.4. The maximum Gasteiger partial charge on any atom is 0.273 e. The Labute approximate surface area is 129 Å². The van der Waals surface area contributed by atoms with Crippen LogP contribution in [0.15, 0.2) is 47.5 Å². The number of nitrogens with one attached hydrogen (secondary N) is 2. The molecule has 0 aliphatic carbocycles. The molecule has 2 N–H and O–H groups in total. The molecule has 0 saturated carbocycles. The molecule has 0 saturated heterocycles. The summed E-state index contributed by atoms with van der Waals surface area (Å²) in [6.07, 6.45) is 1.51. The maximum atomic E-state index is 13.4. The van der Waals surface area contributed by atoms with Gasteiger partial charge in [0.25, 0.3) is 15.7 Å². The fourth-order valence-corrected chi connectivity index (χ4v) is 3.19. The minimum absolute atomic E-state index is 0.201. The van der Waals surface area contributed by atoms with Crippen molar-refractivity contribution in [3.8, 4) is 0 Å². The number of benzene rings is 2. The number of non-ortho nitro benzene ring substituents is 1. The van der Waals surface area contributed by atoms with Crippen LogP contribution in [0.5, 0.6) is 0 Å². The van der Waals surface area contributed by atoms with Gasteiger partial charge in [0.05, 0.1) is 33.3 Å². The number of halogens is 1. The van der Waals surface area contributed by atoms with Gasteiger partial charge in [0, 0.05) is 11.5 Å². The van der Waals surface area contributed by atoms with Gasteiger partial charge in [-0.15, -0.1) is 0 Å². The molecular weight excluding hydrogens is 327 g/mol. The summed E-state index contributed by atoms with van der Waals surface area (Å²) in [6, 6.07) is 6.98. The second-order valence-corrected chi connectivity index (χ2v) is 6.33. The monoisotopic (exact) mass is 336 g/mol. The molecule has 8 nitrogen and oxygen atoms in total. The molecule has 0 unspecified atom stereocenters. The van der Waals surface area contributed by atoms with Gasteiger partial charge in [-0.1, -0.05) is 12.1 Å². The number of H-pyrrole nitrogens is 1. The van der Waals surface area contributed by atoms with Crippen LogP contribution < -0.4 is 4.72 Å². The SMILES string of the molecule is O=[N+]([O-])c1cc(F)cc(S(=O)(=O)Nc2cccc3cn[nH]c23)c1. The van der Waals surface area contributed by atoms with E-state index in [-0.39, 0.29) is 5.69 Å². The van der Waals surface area contributed by atoms with Crippen LogP contribution in [-0.2, 0) is 10.0 Å². The number of anilines is 1. The summed E-state index contributed by atoms with van der Waals surface area (Å²) in [5.74, 6) is -1.01. The van der Waals surface area contributed by atoms with Gasteiger partial charge in [0.2, 0.25) is 0 Å². The molecule has 2 aromatic carbocycles. The molecule has 0 fully saturated rings. The molecule has 0 radical (unpaired) electrons. The third kappa shape index (κ3) is 2.83. The molecule has 1 heterocycles. The van der Waals surface area contributed by atoms with Crippen LogP contribution in [-0.4, -0.2) is 23.5 Å². The number of nitro benzene ring substituents is 1. The smallest absolute Gasteiger partial charge is 0.273 e. The summed E-state index contributed by atoms with van der Waals surface area (Å²) >= 11 is 0. The largest absolute Gasteiger partial charge is 0.277 e. The first-order valence-corrected chi connectivity index (χ1v) is 7.75. The molecule has 0 aliphatic rings. The molecule has 118 valence electrons. The Morgan fingerprint density at radius 2 is 2.04 bits per heavy atom. The third-order valence-electron chi connectivity index (χ3n) is 3.10. The van der Waals surface area contributed by atoms with E-state index in [1.165, 1.54) is 12.3 Å². The Kier molecular flexibility index (Phi) is 3.45. The zero-order valence-corrected chi connectivity index (χ0v) is 12.2. The highest BCUT2D eigenvalue weighted by Crippen LogP contribution is 2.25. The lowest BCUT2D eigenvalue weighted by Crippen LogP contribution is -2.14. The summed E-state index contributed by atoms with van der Waals surface area (Å²) in [7, 11) is -4.20. The predicted octanol–water partition coefficient (Wildman–Crippen LogP) is 2.41. The summed E-state index contributed by atoms with van der Waals surface area (Å²) in [6.45, 7) is 0. The standard InChI is InChI=1S/C13H9FN4O4S/c14-9-4-10(18(19)20)6-11(5-9)23(21,22)17-12-3-1-2-8-7-15-16-13(8)12/h1-7,17H,(H,15,16). The molecule has 3 rings (SSSR count). The molecule has 3 aromatic rings. The van der Waals surface area contributed by atoms with Gasteiger partial charge in [-0.25, -0.2) is 12.8 Å². The van der Waals surface area contributed by atoms with Crippen molar-refractivity contribution in [1.82, 2.24) is 10.2 Å². The van der Waals surface area contributed by atoms with Crippen LogP contribution in [0.2, 0.25) is 0 Å². The van der Waals surface area contributed by atoms with Gasteiger partial charge < -0.3 is 0 Å². The van der Waals surface area contributed by atoms with E-state index in [9.17, 15) is 22.9 Å². The average molecular weight is 336 g/mol. The van der Waals surface area contributed by atoms with E-state index in [0.717, 1.165) is 6.07 Å². The number of aromatic amines is 1. The van der Waals surface area contributed by atoms with E-state index in [1.807, 2.05) is 0 Å². The van der Waals surface area contributed by atoms with E-state index in [2.05, 4.69) is 14.9 Å². The van der Waals surface area contributed by atoms with Crippen LogP contribution >= 0.6 is 0 Å². The first kappa shape index (κ1) is 14.9. The fourth-order valence-electron chi connectivity index (χ4n) is 2.07. The Morgan fingerprint density at radius 1 is 1.26 bits per heavy atom. The van der Waals surface area contributed by atoms with Crippen molar-refractivity contribution >= 4 is 32.3 Å². The van der Waals surface area contributed by atoms with E-state index in [0.29, 0.717) is 23.0 Å². The van der Waals surface area contributed by atoms with Gasteiger partial charge in [0.15, 0.2) is 0 Å². The van der Waals surface area contributed by atoms with E-state index in [1.54, 1.807) is 12.1 Å². The highest BCUT2D eigenvalue weighted by atomic mass is 32.2. The number of sulfonamides is 1. The van der Waals surface area contributed by atoms with Crippen molar-refractivity contribution in [1.29, 1.82) is 0 Å². The van der Waals surface area contributed by atoms with Crippen molar-refractivity contribution in [3.63, 3.8) is 0 Å². The Hall–Kier alpha value is -3.01. The number of hydrogen-bond acceptors (Lipinski definition) is 5. The molecular formula is C13H9FN4O4S. The third-order valence-corrected chi connectivity index (χ3v) is 4.44. The van der Waals surface area contributed by atoms with Gasteiger partial charge in [0.1, 0.15) is 5.82 Å². The lowest BCUT2D eigenvalue weighted by atomic mass is 10.2. The Bertz CT molecular complexity index is 1020. The number of nitro groups is 1. The topological polar surface area (TPSA) is 118 Å². The van der Waals surface area contributed by atoms with Crippen LogP contribution in [0.25, 0.3) is 10.9 Å². The van der Waals surface area contributed by atoms with E-state index in [4.69, 9.17) is 0 Å². The highest BCUT2D eigenvalue weighted by molar-refractivity contribution is 7.92. The fraction of sp³-hybridized carbons (Fsp3) is 0. The van der Waals surface area contributed by atoms with Crippen molar-refractivity contribution in [2.75, 3.05) is 4.72 Å². The number of para-hydroxylation sites is 1. The number of fused-ring (bicyclic) bond motifs is 1. The van der Waals surface area contributed by atoms with Gasteiger partial charge in [-0.3, -0.25) is 19.9 Å². The second kappa shape index (κ2) is 5.32. The van der Waals surface area contributed by atoms with Crippen molar-refractivity contribution in [2.45, 2.75) is 4.90 Å². The molecule has 0 aliphatic heterocycles. The van der Waals surface area contributed by atoms with Crippen molar-refractivity contribution < 1.29 is 17.7 Å². The summed E-state index contributed by atoms with van der Waals surface area (Å²) in [5.41, 5.74) is -0.000911. The van der Waals surface area contributed by atoms with Gasteiger partial charge in [-0.2, -0.15) is 5.10 Å². The van der Waals surface area contributed by atoms with E-state index >= 15 is 0 Å². The zero-order chi connectivity index (χ0) is 16.6. The first-order chi connectivity index (χ1) is 10.9. The van der Waals surface area contributed by atoms with Crippen molar-refractivity contribution in [3.05, 3.63) is 58.5 Å². The Balaban J connectivity index is 2.06. The van der Waals surface area contributed by atoms with Crippen molar-refractivity contribution in [2.24, 2.45) is 0 Å². The first-order valence-electron chi connectivity index (χ1n) is 6.27. The molecule has 0 amide bonds. The summed E-state index contributed by atoms with van der Waals surface area (Å²) in [4.78, 5) is 9.34. The van der Waals surface area contributed by atoms with E-state index < -0.39 is 31.3 Å². The maximum absolute atomic E-state index is 13.4. The average Bonchev–Trinajstić information content (AvgIpc) is 2.96. The highest BCUT2D eigenvalue weighted by Gasteiger charge is 2.21. The molecule has 0 spiro atoms. The minimum atomic E-state index is -4.20. The number of hydrogen-bond donors (Lipinski definition) is 2. The van der Waals surface area contributed by atoms with Crippen LogP contribution in [0.4, 0.5) is 15.8 Å². The minimum Gasteiger partial charge on any atom is -0.277 e. The van der Waals surface area contributed by atoms with Gasteiger partial charge in [-0.05, 0) is 12.1 Å². The van der Waals surface area contributed by atoms with Crippen LogP contribution in [0, 0.1) is 15.9 Å². The summed E-state index contributed by atoms with van der Waals surface area (Å²) in [5, 5.41) is 17.9.